The van der Waals surface area contributed by atoms with Crippen LogP contribution < -0.4 is 24.8 Å². The van der Waals surface area contributed by atoms with E-state index in [9.17, 15) is 0 Å². The Kier molecular flexibility index (Phi) is 5.63. The van der Waals surface area contributed by atoms with E-state index in [1.54, 1.807) is 33.4 Å². The van der Waals surface area contributed by atoms with Crippen molar-refractivity contribution in [2.24, 2.45) is 10.8 Å². The summed E-state index contributed by atoms with van der Waals surface area (Å²) in [7, 11) is 0. The number of hydrogen-bond acceptors (Lipinski definition) is 0. The second-order valence-corrected chi connectivity index (χ2v) is 10.5. The molecule has 2 atom stereocenters. The topological polar surface area (TPSA) is 0 Å². The Morgan fingerprint density at radius 3 is 1.27 bits per heavy atom. The fraction of sp³-hybridized carbons (Fsp3) is 0.579. The van der Waals surface area contributed by atoms with Gasteiger partial charge in [-0.25, -0.2) is 0 Å². The van der Waals surface area contributed by atoms with Gasteiger partial charge in [0, 0.05) is 0 Å². The van der Waals surface area contributed by atoms with Crippen LogP contribution in [0.5, 0.6) is 0 Å². The van der Waals surface area contributed by atoms with Crippen molar-refractivity contribution in [2.45, 2.75) is 61.8 Å². The quantitative estimate of drug-likeness (QED) is 0.511. The summed E-state index contributed by atoms with van der Waals surface area (Å²) in [4.78, 5) is 0. The third-order valence-corrected chi connectivity index (χ3v) is 12.5. The second-order valence-electron chi connectivity index (χ2n) is 7.47. The third-order valence-electron chi connectivity index (χ3n) is 6.72. The molecular formula is C19H26Cl2Zr. The molecule has 0 saturated carbocycles. The number of fused-ring (bicyclic) bond motifs is 2. The fourth-order valence-electron chi connectivity index (χ4n) is 4.71. The smallest absolute Gasteiger partial charge is 1.00 e. The van der Waals surface area contributed by atoms with Crippen molar-refractivity contribution in [2.75, 3.05) is 0 Å². The summed E-state index contributed by atoms with van der Waals surface area (Å²) in [6.07, 6.45) is 1.30. The van der Waals surface area contributed by atoms with Gasteiger partial charge in [0.15, 0.2) is 0 Å². The van der Waals surface area contributed by atoms with Gasteiger partial charge in [0.25, 0.3) is 0 Å². The van der Waals surface area contributed by atoms with Crippen LogP contribution in [0.1, 0.15) is 61.8 Å². The summed E-state index contributed by atoms with van der Waals surface area (Å²) < 4.78 is 3.73. The van der Waals surface area contributed by atoms with Crippen LogP contribution in [-0.2, 0) is 23.2 Å². The average molecular weight is 417 g/mol. The number of halogens is 2. The molecule has 0 bridgehead atoms. The van der Waals surface area contributed by atoms with E-state index in [1.165, 1.54) is 6.42 Å². The van der Waals surface area contributed by atoms with E-state index in [2.05, 4.69) is 55.4 Å². The molecule has 0 radical (unpaired) electrons. The molecule has 0 N–H and O–H groups in total. The van der Waals surface area contributed by atoms with Crippen LogP contribution in [0, 0.1) is 10.8 Å². The summed E-state index contributed by atoms with van der Waals surface area (Å²) in [6, 6.07) is 0. The minimum absolute atomic E-state index is 0. The van der Waals surface area contributed by atoms with Crippen molar-refractivity contribution >= 4 is 0 Å². The number of allylic oxidation sites excluding steroid dienone is 8. The first-order valence-electron chi connectivity index (χ1n) is 7.71. The van der Waals surface area contributed by atoms with E-state index in [0.29, 0.717) is 10.8 Å². The van der Waals surface area contributed by atoms with Gasteiger partial charge >= 0.3 is 136 Å². The number of rotatable bonds is 0. The molecule has 0 aromatic heterocycles. The van der Waals surface area contributed by atoms with Gasteiger partial charge in [-0.2, -0.15) is 0 Å². The van der Waals surface area contributed by atoms with Gasteiger partial charge in [0.2, 0.25) is 0 Å². The van der Waals surface area contributed by atoms with Gasteiger partial charge in [0.1, 0.15) is 0 Å². The predicted octanol–water partition coefficient (Wildman–Crippen LogP) is -0.259. The van der Waals surface area contributed by atoms with E-state index in [4.69, 9.17) is 0 Å². The molecule has 1 heterocycles. The molecule has 3 heteroatoms. The molecule has 0 nitrogen and oxygen atoms in total. The molecular weight excluding hydrogens is 390 g/mol. The first-order valence-corrected chi connectivity index (χ1v) is 10.2. The first-order chi connectivity index (χ1) is 9.14. The van der Waals surface area contributed by atoms with Crippen LogP contribution in [0.15, 0.2) is 40.0 Å². The largest absolute Gasteiger partial charge is 1.00 e. The van der Waals surface area contributed by atoms with Crippen LogP contribution in [0.2, 0.25) is 0 Å². The van der Waals surface area contributed by atoms with E-state index in [-0.39, 0.29) is 24.8 Å². The summed E-state index contributed by atoms with van der Waals surface area (Å²) >= 11 is -0.625. The van der Waals surface area contributed by atoms with Crippen molar-refractivity contribution < 1.29 is 48.0 Å². The van der Waals surface area contributed by atoms with Gasteiger partial charge in [-0.05, 0) is 0 Å². The van der Waals surface area contributed by atoms with Crippen LogP contribution in [0.4, 0.5) is 0 Å². The molecule has 120 valence electrons. The summed E-state index contributed by atoms with van der Waals surface area (Å²) in [5, 5.41) is 0. The molecule has 3 rings (SSSR count). The SMILES string of the molecule is CC1=C(C)C2(C)CC3(C)C(C)=C(C)C(C)=[C]3[Zr+2][C]2=C1C.[Cl-].[Cl-]. The van der Waals surface area contributed by atoms with Crippen molar-refractivity contribution in [3.05, 3.63) is 40.0 Å². The Hall–Kier alpha value is 0.423. The molecule has 1 fully saturated rings. The van der Waals surface area contributed by atoms with Crippen molar-refractivity contribution in [3.63, 3.8) is 0 Å². The molecule has 0 aromatic rings. The molecule has 0 amide bonds. The fourth-order valence-corrected chi connectivity index (χ4v) is 9.88. The standard InChI is InChI=1S/C19H26.2ClH.Zr/c1-12-9-18(7,16(5)14(12)3)11-19(8)10-13(2)15(4)17(19)6;;;/h11H2,1-8H3;2*1H;/q;;;+2/p-2. The predicted molar refractivity (Wildman–Crippen MR) is 83.0 cm³/mol. The molecule has 1 saturated heterocycles. The summed E-state index contributed by atoms with van der Waals surface area (Å²) in [5.41, 5.74) is 10.5. The maximum Gasteiger partial charge on any atom is -1.00 e. The molecule has 2 aliphatic carbocycles. The Balaban J connectivity index is 0.00000121. The number of hydrogen-bond donors (Lipinski definition) is 0. The van der Waals surface area contributed by atoms with Crippen LogP contribution >= 0.6 is 0 Å². The monoisotopic (exact) mass is 414 g/mol. The summed E-state index contributed by atoms with van der Waals surface area (Å²) in [5.74, 6) is 0. The van der Waals surface area contributed by atoms with Gasteiger partial charge in [-0.15, -0.1) is 0 Å². The van der Waals surface area contributed by atoms with Crippen molar-refractivity contribution in [3.8, 4) is 0 Å². The van der Waals surface area contributed by atoms with Crippen LogP contribution in [0.25, 0.3) is 0 Å². The zero-order valence-corrected chi connectivity index (χ0v) is 18.9. The second kappa shape index (κ2) is 6.05. The zero-order chi connectivity index (χ0) is 15.0. The molecule has 1 aliphatic heterocycles. The van der Waals surface area contributed by atoms with Crippen molar-refractivity contribution in [1.29, 1.82) is 0 Å². The van der Waals surface area contributed by atoms with Gasteiger partial charge in [-0.3, -0.25) is 0 Å². The van der Waals surface area contributed by atoms with Crippen LogP contribution in [-0.4, -0.2) is 0 Å². The minimum atomic E-state index is -0.625. The Morgan fingerprint density at radius 2 is 0.955 bits per heavy atom. The van der Waals surface area contributed by atoms with E-state index < -0.39 is 23.2 Å². The van der Waals surface area contributed by atoms with E-state index in [1.807, 2.05) is 6.56 Å². The van der Waals surface area contributed by atoms with Crippen molar-refractivity contribution in [1.82, 2.24) is 0 Å². The third kappa shape index (κ3) is 2.26. The van der Waals surface area contributed by atoms with E-state index >= 15 is 0 Å². The van der Waals surface area contributed by atoms with E-state index in [0.717, 1.165) is 0 Å². The Labute approximate surface area is 160 Å². The molecule has 0 aromatic carbocycles. The first kappa shape index (κ1) is 20.5. The molecule has 3 aliphatic rings. The molecule has 0 spiro atoms. The maximum atomic E-state index is 2.52. The zero-order valence-electron chi connectivity index (χ0n) is 15.0. The average Bonchev–Trinajstić information content (AvgIpc) is 2.66. The molecule has 2 unspecified atom stereocenters. The summed E-state index contributed by atoms with van der Waals surface area (Å²) in [6.45, 7) is 19.3. The van der Waals surface area contributed by atoms with Crippen LogP contribution in [0.3, 0.4) is 0 Å². The molecule has 22 heavy (non-hydrogen) atoms. The maximum absolute atomic E-state index is 2.52. The normalized spacial score (nSPS) is 33.1. The van der Waals surface area contributed by atoms with Gasteiger partial charge < -0.3 is 24.8 Å². The Morgan fingerprint density at radius 1 is 0.636 bits per heavy atom. The van der Waals surface area contributed by atoms with Gasteiger partial charge in [0.05, 0.1) is 0 Å². The Bertz CT molecular complexity index is 607. The van der Waals surface area contributed by atoms with Gasteiger partial charge in [-0.1, -0.05) is 0 Å². The minimum Gasteiger partial charge on any atom is -1.00 e.